The maximum atomic E-state index is 12.8. The number of amides is 1. The van der Waals surface area contributed by atoms with Crippen LogP contribution in [-0.2, 0) is 9.47 Å². The second-order valence-corrected chi connectivity index (χ2v) is 6.12. The molecule has 0 aliphatic carbocycles. The van der Waals surface area contributed by atoms with E-state index in [4.69, 9.17) is 26.2 Å². The first-order chi connectivity index (χ1) is 11.7. The van der Waals surface area contributed by atoms with Gasteiger partial charge < -0.3 is 19.9 Å². The fourth-order valence-corrected chi connectivity index (χ4v) is 3.20. The normalized spacial score (nSPS) is 20.9. The number of ether oxygens (including phenoxy) is 2. The molecule has 1 saturated heterocycles. The minimum atomic E-state index is -0.256. The molecule has 5 nitrogen and oxygen atoms in total. The highest BCUT2D eigenvalue weighted by Gasteiger charge is 2.28. The highest BCUT2D eigenvalue weighted by molar-refractivity contribution is 6.36. The van der Waals surface area contributed by atoms with Crippen molar-refractivity contribution in [1.82, 2.24) is 5.32 Å². The standard InChI is InChI=1S/C18H20ClNO4/c19-15-6-2-3-12-13(15)4-1-5-14(12)18(22)20-16-7-9-23-11-17(16)24-10-8-21/h1-6,16-17,21H,7-11H2,(H,20,22)/t16-,17-/m1/s1. The number of nitrogens with one attached hydrogen (secondary N) is 1. The van der Waals surface area contributed by atoms with Gasteiger partial charge in [0.05, 0.1) is 25.9 Å². The first-order valence-corrected chi connectivity index (χ1v) is 8.37. The third kappa shape index (κ3) is 3.70. The summed E-state index contributed by atoms with van der Waals surface area (Å²) in [6.45, 7) is 1.15. The molecule has 24 heavy (non-hydrogen) atoms. The molecule has 3 rings (SSSR count). The van der Waals surface area contributed by atoms with Crippen LogP contribution in [0.5, 0.6) is 0 Å². The predicted molar refractivity (Wildman–Crippen MR) is 92.5 cm³/mol. The van der Waals surface area contributed by atoms with Crippen molar-refractivity contribution in [2.45, 2.75) is 18.6 Å². The van der Waals surface area contributed by atoms with Crippen molar-refractivity contribution in [2.75, 3.05) is 26.4 Å². The molecule has 0 radical (unpaired) electrons. The zero-order valence-electron chi connectivity index (χ0n) is 13.2. The van der Waals surface area contributed by atoms with Crippen LogP contribution in [0.1, 0.15) is 16.8 Å². The number of hydrogen-bond donors (Lipinski definition) is 2. The van der Waals surface area contributed by atoms with E-state index < -0.39 is 0 Å². The van der Waals surface area contributed by atoms with E-state index in [9.17, 15) is 4.79 Å². The fraction of sp³-hybridized carbons (Fsp3) is 0.389. The summed E-state index contributed by atoms with van der Waals surface area (Å²) in [6.07, 6.45) is 0.418. The lowest BCUT2D eigenvalue weighted by atomic mass is 10.0. The van der Waals surface area contributed by atoms with Gasteiger partial charge in [0.15, 0.2) is 0 Å². The number of aliphatic hydroxyl groups is 1. The Morgan fingerprint density at radius 1 is 1.29 bits per heavy atom. The number of hydrogen-bond acceptors (Lipinski definition) is 4. The Balaban J connectivity index is 1.80. The van der Waals surface area contributed by atoms with Crippen LogP contribution in [0.15, 0.2) is 36.4 Å². The largest absolute Gasteiger partial charge is 0.394 e. The van der Waals surface area contributed by atoms with Crippen molar-refractivity contribution in [3.63, 3.8) is 0 Å². The zero-order valence-corrected chi connectivity index (χ0v) is 14.0. The van der Waals surface area contributed by atoms with Crippen molar-refractivity contribution >= 4 is 28.3 Å². The summed E-state index contributed by atoms with van der Waals surface area (Å²) in [4.78, 5) is 12.8. The van der Waals surface area contributed by atoms with Crippen LogP contribution >= 0.6 is 11.6 Å². The third-order valence-corrected chi connectivity index (χ3v) is 4.49. The molecular formula is C18H20ClNO4. The molecule has 128 valence electrons. The van der Waals surface area contributed by atoms with Gasteiger partial charge in [-0.15, -0.1) is 0 Å². The van der Waals surface area contributed by atoms with E-state index in [0.717, 1.165) is 10.8 Å². The summed E-state index contributed by atoms with van der Waals surface area (Å²) in [5.74, 6) is -0.160. The minimum absolute atomic E-state index is 0.0566. The highest BCUT2D eigenvalue weighted by atomic mass is 35.5. The molecule has 0 aromatic heterocycles. The summed E-state index contributed by atoms with van der Waals surface area (Å²) in [7, 11) is 0. The van der Waals surface area contributed by atoms with Crippen molar-refractivity contribution in [3.05, 3.63) is 47.0 Å². The molecular weight excluding hydrogens is 330 g/mol. The van der Waals surface area contributed by atoms with Crippen molar-refractivity contribution in [1.29, 1.82) is 0 Å². The monoisotopic (exact) mass is 349 g/mol. The van der Waals surface area contributed by atoms with Gasteiger partial charge in [0, 0.05) is 22.6 Å². The van der Waals surface area contributed by atoms with Crippen LogP contribution in [0.4, 0.5) is 0 Å². The summed E-state index contributed by atoms with van der Waals surface area (Å²) >= 11 is 6.21. The lowest BCUT2D eigenvalue weighted by molar-refractivity contribution is -0.0737. The van der Waals surface area contributed by atoms with Crippen LogP contribution in [0.2, 0.25) is 5.02 Å². The Morgan fingerprint density at radius 2 is 2.08 bits per heavy atom. The first kappa shape index (κ1) is 17.2. The molecule has 2 aromatic carbocycles. The Kier molecular flexibility index (Phi) is 5.68. The number of rotatable bonds is 5. The van der Waals surface area contributed by atoms with E-state index >= 15 is 0 Å². The van der Waals surface area contributed by atoms with Gasteiger partial charge in [-0.05, 0) is 23.9 Å². The number of fused-ring (bicyclic) bond motifs is 1. The average Bonchev–Trinajstić information content (AvgIpc) is 2.61. The molecule has 2 atom stereocenters. The topological polar surface area (TPSA) is 67.8 Å². The van der Waals surface area contributed by atoms with Crippen LogP contribution in [0, 0.1) is 0 Å². The smallest absolute Gasteiger partial charge is 0.252 e. The van der Waals surface area contributed by atoms with E-state index in [1.807, 2.05) is 30.3 Å². The van der Waals surface area contributed by atoms with Gasteiger partial charge in [0.1, 0.15) is 6.10 Å². The van der Waals surface area contributed by atoms with Crippen LogP contribution in [0.25, 0.3) is 10.8 Å². The highest BCUT2D eigenvalue weighted by Crippen LogP contribution is 2.26. The minimum Gasteiger partial charge on any atom is -0.394 e. The van der Waals surface area contributed by atoms with Crippen LogP contribution < -0.4 is 5.32 Å². The van der Waals surface area contributed by atoms with E-state index in [1.54, 1.807) is 6.07 Å². The zero-order chi connectivity index (χ0) is 16.9. The maximum Gasteiger partial charge on any atom is 0.252 e. The summed E-state index contributed by atoms with van der Waals surface area (Å²) in [6, 6.07) is 10.9. The molecule has 0 bridgehead atoms. The van der Waals surface area contributed by atoms with Gasteiger partial charge in [-0.2, -0.15) is 0 Å². The predicted octanol–water partition coefficient (Wildman–Crippen LogP) is 2.39. The van der Waals surface area contributed by atoms with Gasteiger partial charge in [-0.25, -0.2) is 0 Å². The molecule has 1 fully saturated rings. The Bertz CT molecular complexity index is 721. The molecule has 2 N–H and O–H groups in total. The third-order valence-electron chi connectivity index (χ3n) is 4.16. The second-order valence-electron chi connectivity index (χ2n) is 5.72. The van der Waals surface area contributed by atoms with Gasteiger partial charge >= 0.3 is 0 Å². The number of carbonyl (C=O) groups excluding carboxylic acids is 1. The number of carbonyl (C=O) groups is 1. The summed E-state index contributed by atoms with van der Waals surface area (Å²) in [5.41, 5.74) is 0.586. The number of halogens is 1. The van der Waals surface area contributed by atoms with Gasteiger partial charge in [0.2, 0.25) is 0 Å². The molecule has 0 saturated carbocycles. The molecule has 1 aliphatic heterocycles. The van der Waals surface area contributed by atoms with E-state index in [2.05, 4.69) is 5.32 Å². The molecule has 6 heteroatoms. The number of aliphatic hydroxyl groups excluding tert-OH is 1. The molecule has 2 aromatic rings. The van der Waals surface area contributed by atoms with Gasteiger partial charge in [0.25, 0.3) is 5.91 Å². The first-order valence-electron chi connectivity index (χ1n) is 7.99. The lowest BCUT2D eigenvalue weighted by Crippen LogP contribution is -2.50. The average molecular weight is 350 g/mol. The maximum absolute atomic E-state index is 12.8. The second kappa shape index (κ2) is 7.94. The Hall–Kier alpha value is -1.66. The van der Waals surface area contributed by atoms with E-state index in [-0.39, 0.29) is 31.3 Å². The SMILES string of the molecule is O=C(N[C@@H]1CCOC[C@H]1OCCO)c1cccc2c(Cl)cccc12. The molecule has 0 spiro atoms. The van der Waals surface area contributed by atoms with Crippen molar-refractivity contribution in [2.24, 2.45) is 0 Å². The quantitative estimate of drug-likeness (QED) is 0.869. The fourth-order valence-electron chi connectivity index (χ4n) is 2.96. The summed E-state index contributed by atoms with van der Waals surface area (Å²) < 4.78 is 11.0. The molecule has 1 amide bonds. The van der Waals surface area contributed by atoms with E-state index in [1.165, 1.54) is 0 Å². The van der Waals surface area contributed by atoms with Gasteiger partial charge in [-0.1, -0.05) is 35.9 Å². The lowest BCUT2D eigenvalue weighted by Gasteiger charge is -2.32. The van der Waals surface area contributed by atoms with Crippen LogP contribution in [-0.4, -0.2) is 49.6 Å². The molecule has 1 heterocycles. The van der Waals surface area contributed by atoms with Crippen molar-refractivity contribution in [3.8, 4) is 0 Å². The molecule has 1 aliphatic rings. The van der Waals surface area contributed by atoms with E-state index in [0.29, 0.717) is 30.2 Å². The number of benzene rings is 2. The van der Waals surface area contributed by atoms with Gasteiger partial charge in [-0.3, -0.25) is 4.79 Å². The molecule has 0 unspecified atom stereocenters. The summed E-state index contributed by atoms with van der Waals surface area (Å²) in [5, 5.41) is 14.3. The Morgan fingerprint density at radius 3 is 2.92 bits per heavy atom. The van der Waals surface area contributed by atoms with Crippen LogP contribution in [0.3, 0.4) is 0 Å². The van der Waals surface area contributed by atoms with Crippen molar-refractivity contribution < 1.29 is 19.4 Å². The Labute approximate surface area is 145 Å².